The molecule has 0 aliphatic rings. The molecule has 6 nitrogen and oxygen atoms in total. The molecule has 2 amide bonds. The maximum Gasteiger partial charge on any atom is 0.309 e. The van der Waals surface area contributed by atoms with Crippen LogP contribution in [0.2, 0.25) is 0 Å². The van der Waals surface area contributed by atoms with Crippen LogP contribution in [0, 0.1) is 13.8 Å². The van der Waals surface area contributed by atoms with Gasteiger partial charge < -0.3 is 10.6 Å². The Labute approximate surface area is 186 Å². The second kappa shape index (κ2) is 9.89. The van der Waals surface area contributed by atoms with Crippen molar-refractivity contribution < 1.29 is 18.0 Å². The fraction of sp³-hybridized carbons (Fsp3) is 0.217. The second-order valence-electron chi connectivity index (χ2n) is 7.18. The van der Waals surface area contributed by atoms with Gasteiger partial charge in [0.05, 0.1) is 4.90 Å². The van der Waals surface area contributed by atoms with E-state index in [1.807, 2.05) is 38.1 Å². The van der Waals surface area contributed by atoms with Crippen LogP contribution >= 0.6 is 11.3 Å². The van der Waals surface area contributed by atoms with Crippen molar-refractivity contribution in [2.45, 2.75) is 30.5 Å². The van der Waals surface area contributed by atoms with Crippen molar-refractivity contribution in [2.24, 2.45) is 0 Å². The van der Waals surface area contributed by atoms with Gasteiger partial charge in [0.1, 0.15) is 5.25 Å². The number of carbonyl (C=O) groups is 2. The summed E-state index contributed by atoms with van der Waals surface area (Å²) in [5.41, 5.74) is 2.86. The average Bonchev–Trinajstić information content (AvgIpc) is 3.27. The Morgan fingerprint density at radius 1 is 0.903 bits per heavy atom. The van der Waals surface area contributed by atoms with Crippen molar-refractivity contribution in [3.63, 3.8) is 0 Å². The third-order valence-corrected chi connectivity index (χ3v) is 8.17. The van der Waals surface area contributed by atoms with E-state index in [2.05, 4.69) is 10.6 Å². The van der Waals surface area contributed by atoms with Crippen LogP contribution in [0.1, 0.15) is 26.8 Å². The summed E-state index contributed by atoms with van der Waals surface area (Å²) in [6, 6.07) is 17.6. The molecule has 8 heteroatoms. The molecule has 31 heavy (non-hydrogen) atoms. The zero-order valence-electron chi connectivity index (χ0n) is 17.3. The molecule has 0 aliphatic carbocycles. The maximum absolute atomic E-state index is 13.2. The second-order valence-corrected chi connectivity index (χ2v) is 10.3. The van der Waals surface area contributed by atoms with Gasteiger partial charge >= 0.3 is 11.8 Å². The normalized spacial score (nSPS) is 12.2. The molecule has 0 saturated carbocycles. The molecule has 0 radical (unpaired) electrons. The number of aryl methyl sites for hydroxylation is 2. The van der Waals surface area contributed by atoms with Gasteiger partial charge in [-0.05, 0) is 48.6 Å². The van der Waals surface area contributed by atoms with E-state index in [1.54, 1.807) is 41.8 Å². The van der Waals surface area contributed by atoms with Gasteiger partial charge in [0, 0.05) is 18.0 Å². The molecule has 0 saturated heterocycles. The van der Waals surface area contributed by atoms with E-state index in [0.717, 1.165) is 16.7 Å². The smallest absolute Gasteiger partial charge is 0.309 e. The Morgan fingerprint density at radius 2 is 1.58 bits per heavy atom. The van der Waals surface area contributed by atoms with Crippen LogP contribution in [-0.4, -0.2) is 26.8 Å². The lowest BCUT2D eigenvalue weighted by Crippen LogP contribution is -2.42. The highest BCUT2D eigenvalue weighted by molar-refractivity contribution is 7.91. The van der Waals surface area contributed by atoms with Crippen molar-refractivity contribution in [3.05, 3.63) is 87.6 Å². The number of rotatable bonds is 7. The van der Waals surface area contributed by atoms with Gasteiger partial charge in [-0.2, -0.15) is 0 Å². The monoisotopic (exact) mass is 456 g/mol. The van der Waals surface area contributed by atoms with E-state index in [1.165, 1.54) is 11.3 Å². The molecule has 2 N–H and O–H groups in total. The summed E-state index contributed by atoms with van der Waals surface area (Å²) < 4.78 is 26.5. The molecule has 0 bridgehead atoms. The number of hydrogen-bond donors (Lipinski definition) is 2. The molecule has 162 valence electrons. The molecule has 1 atom stereocenters. The van der Waals surface area contributed by atoms with E-state index in [4.69, 9.17) is 0 Å². The summed E-state index contributed by atoms with van der Waals surface area (Å²) in [4.78, 5) is 25.3. The Hall–Kier alpha value is -2.97. The van der Waals surface area contributed by atoms with Crippen molar-refractivity contribution in [3.8, 4) is 0 Å². The van der Waals surface area contributed by atoms with E-state index in [9.17, 15) is 18.0 Å². The minimum absolute atomic E-state index is 0.176. The van der Waals surface area contributed by atoms with Gasteiger partial charge in [-0.1, -0.05) is 48.0 Å². The molecule has 3 rings (SSSR count). The van der Waals surface area contributed by atoms with Crippen molar-refractivity contribution in [1.82, 2.24) is 10.6 Å². The molecule has 0 spiro atoms. The molecule has 3 aromatic rings. The quantitative estimate of drug-likeness (QED) is 0.534. The van der Waals surface area contributed by atoms with E-state index < -0.39 is 26.9 Å². The lowest BCUT2D eigenvalue weighted by atomic mass is 10.1. The van der Waals surface area contributed by atoms with Gasteiger partial charge in [0.15, 0.2) is 9.84 Å². The fourth-order valence-electron chi connectivity index (χ4n) is 3.06. The highest BCUT2D eigenvalue weighted by Gasteiger charge is 2.31. The number of nitrogens with one attached hydrogen (secondary N) is 2. The summed E-state index contributed by atoms with van der Waals surface area (Å²) >= 11 is 1.29. The molecule has 1 aromatic heterocycles. The van der Waals surface area contributed by atoms with Gasteiger partial charge in [-0.15, -0.1) is 11.3 Å². The highest BCUT2D eigenvalue weighted by Crippen LogP contribution is 2.31. The van der Waals surface area contributed by atoms with Crippen molar-refractivity contribution in [2.75, 3.05) is 6.54 Å². The number of carbonyl (C=O) groups excluding carboxylic acids is 2. The van der Waals surface area contributed by atoms with Crippen LogP contribution in [0.3, 0.4) is 0 Å². The number of amides is 2. The fourth-order valence-corrected chi connectivity index (χ4v) is 5.84. The molecule has 1 heterocycles. The molecule has 2 aromatic carbocycles. The van der Waals surface area contributed by atoms with Crippen LogP contribution in [0.5, 0.6) is 0 Å². The Balaban J connectivity index is 1.69. The average molecular weight is 457 g/mol. The predicted octanol–water partition coefficient (Wildman–Crippen LogP) is 3.31. The van der Waals surface area contributed by atoms with Gasteiger partial charge in [0.2, 0.25) is 0 Å². The third-order valence-electron chi connectivity index (χ3n) is 4.94. The van der Waals surface area contributed by atoms with Gasteiger partial charge in [0.25, 0.3) is 0 Å². The molecule has 0 fully saturated rings. The van der Waals surface area contributed by atoms with Crippen LogP contribution in [-0.2, 0) is 26.0 Å². The topological polar surface area (TPSA) is 92.3 Å². The SMILES string of the molecule is Cc1ccc(S(=O)(=O)[C@@H](CNC(=O)C(=O)NCc2ccccc2C)c2cccs2)cc1. The third kappa shape index (κ3) is 5.59. The molecular weight excluding hydrogens is 432 g/mol. The first-order valence-corrected chi connectivity index (χ1v) is 12.2. The number of benzene rings is 2. The lowest BCUT2D eigenvalue weighted by molar-refractivity contribution is -0.139. The zero-order chi connectivity index (χ0) is 22.4. The van der Waals surface area contributed by atoms with Crippen molar-refractivity contribution >= 4 is 33.0 Å². The Bertz CT molecular complexity index is 1150. The standard InChI is InChI=1S/C23H24N2O4S2/c1-16-9-11-19(12-10-16)31(28,29)21(20-8-5-13-30-20)15-25-23(27)22(26)24-14-18-7-4-3-6-17(18)2/h3-13,21H,14-15H2,1-2H3,(H,24,26)(H,25,27)/t21-/m0/s1. The van der Waals surface area contributed by atoms with Gasteiger partial charge in [-0.3, -0.25) is 9.59 Å². The minimum Gasteiger partial charge on any atom is -0.346 e. The summed E-state index contributed by atoms with van der Waals surface area (Å²) in [5, 5.41) is 5.86. The number of sulfone groups is 1. The molecule has 0 aliphatic heterocycles. The molecule has 0 unspecified atom stereocenters. The van der Waals surface area contributed by atoms with Crippen LogP contribution < -0.4 is 10.6 Å². The Kier molecular flexibility index (Phi) is 7.25. The summed E-state index contributed by atoms with van der Waals surface area (Å²) in [7, 11) is -3.76. The van der Waals surface area contributed by atoms with E-state index in [-0.39, 0.29) is 18.0 Å². The number of hydrogen-bond acceptors (Lipinski definition) is 5. The summed E-state index contributed by atoms with van der Waals surface area (Å²) in [5.74, 6) is -1.67. The minimum atomic E-state index is -3.76. The van der Waals surface area contributed by atoms with E-state index in [0.29, 0.717) is 4.88 Å². The number of thiophene rings is 1. The first kappa shape index (κ1) is 22.7. The maximum atomic E-state index is 13.2. The molecular formula is C23H24N2O4S2. The lowest BCUT2D eigenvalue weighted by Gasteiger charge is -2.17. The van der Waals surface area contributed by atoms with Crippen LogP contribution in [0.25, 0.3) is 0 Å². The largest absolute Gasteiger partial charge is 0.346 e. The van der Waals surface area contributed by atoms with Gasteiger partial charge in [-0.25, -0.2) is 8.42 Å². The highest BCUT2D eigenvalue weighted by atomic mass is 32.2. The summed E-state index contributed by atoms with van der Waals surface area (Å²) in [6.07, 6.45) is 0. The van der Waals surface area contributed by atoms with Crippen LogP contribution in [0.15, 0.2) is 70.9 Å². The Morgan fingerprint density at radius 3 is 2.23 bits per heavy atom. The van der Waals surface area contributed by atoms with Crippen LogP contribution in [0.4, 0.5) is 0 Å². The first-order chi connectivity index (χ1) is 14.8. The predicted molar refractivity (Wildman–Crippen MR) is 121 cm³/mol. The first-order valence-electron chi connectivity index (χ1n) is 9.73. The van der Waals surface area contributed by atoms with E-state index >= 15 is 0 Å². The zero-order valence-corrected chi connectivity index (χ0v) is 18.9. The summed E-state index contributed by atoms with van der Waals surface area (Å²) in [6.45, 7) is 3.81. The van der Waals surface area contributed by atoms with Crippen molar-refractivity contribution in [1.29, 1.82) is 0 Å².